The molecule has 3 rings (SSSR count). The quantitative estimate of drug-likeness (QED) is 0.357. The monoisotopic (exact) mass is 405 g/mol. The Morgan fingerprint density at radius 2 is 1.67 bits per heavy atom. The van der Waals surface area contributed by atoms with Gasteiger partial charge in [-0.15, -0.1) is 0 Å². The van der Waals surface area contributed by atoms with Gasteiger partial charge in [-0.2, -0.15) is 4.57 Å². The Morgan fingerprint density at radius 3 is 2.43 bits per heavy atom. The van der Waals surface area contributed by atoms with Crippen molar-refractivity contribution in [3.05, 3.63) is 77.0 Å². The fourth-order valence-corrected chi connectivity index (χ4v) is 2.59. The molecule has 0 N–H and O–H groups in total. The van der Waals surface area contributed by atoms with Crippen LogP contribution in [0.1, 0.15) is 10.4 Å². The van der Waals surface area contributed by atoms with Crippen LogP contribution >= 0.6 is 15.9 Å². The topological polar surface area (TPSA) is 20.9 Å². The smallest absolute Gasteiger partial charge is 0.248 e. The summed E-state index contributed by atoms with van der Waals surface area (Å²) in [7, 11) is 0. The summed E-state index contributed by atoms with van der Waals surface area (Å²) in [5.41, 5.74) is 0.743. The minimum atomic E-state index is 0. The molecule has 0 radical (unpaired) electrons. The molecule has 1 heterocycles. The van der Waals surface area contributed by atoms with Gasteiger partial charge in [0.15, 0.2) is 6.20 Å². The maximum Gasteiger partial charge on any atom is 0.248 e. The molecule has 4 heteroatoms. The largest absolute Gasteiger partial charge is 1.00 e. The Kier molecular flexibility index (Phi) is 5.26. The van der Waals surface area contributed by atoms with E-state index in [0.29, 0.717) is 6.54 Å². The summed E-state index contributed by atoms with van der Waals surface area (Å²) in [5.74, 6) is 0.104. The number of fused-ring (bicyclic) bond motifs is 1. The average Bonchev–Trinajstić information content (AvgIpc) is 2.49. The van der Waals surface area contributed by atoms with Crippen molar-refractivity contribution in [2.45, 2.75) is 6.54 Å². The fraction of sp³-hybridized carbons (Fsp3) is 0.0588. The Morgan fingerprint density at radius 1 is 0.952 bits per heavy atom. The van der Waals surface area contributed by atoms with E-state index < -0.39 is 0 Å². The highest BCUT2D eigenvalue weighted by atomic mass is 79.9. The number of carbonyl (C=O) groups excluding carboxylic acids is 1. The summed E-state index contributed by atoms with van der Waals surface area (Å²) < 4.78 is 2.78. The highest BCUT2D eigenvalue weighted by Crippen LogP contribution is 2.16. The number of pyridine rings is 1. The summed E-state index contributed by atoms with van der Waals surface area (Å²) in [4.78, 5) is 12.4. The van der Waals surface area contributed by atoms with Gasteiger partial charge in [0.25, 0.3) is 0 Å². The van der Waals surface area contributed by atoms with Gasteiger partial charge in [0.05, 0.1) is 0 Å². The molecule has 3 aromatic rings. The van der Waals surface area contributed by atoms with Gasteiger partial charge in [-0.05, 0) is 22.9 Å². The standard InChI is InChI=1S/C17H13BrNO.BrH/c18-17-7-3-4-10-19(17)12-16(20)15-9-8-13-5-1-2-6-14(13)11-15;/h1-11H,12H2;1H/q+1;/p-1. The molecule has 2 aromatic carbocycles. The van der Waals surface area contributed by atoms with E-state index >= 15 is 0 Å². The predicted octanol–water partition coefficient (Wildman–Crippen LogP) is 0.777. The van der Waals surface area contributed by atoms with Crippen LogP contribution in [-0.2, 0) is 6.54 Å². The Labute approximate surface area is 142 Å². The molecule has 0 aliphatic carbocycles. The molecule has 0 saturated carbocycles. The van der Waals surface area contributed by atoms with E-state index in [2.05, 4.69) is 15.9 Å². The minimum Gasteiger partial charge on any atom is -1.00 e. The number of ketones is 1. The van der Waals surface area contributed by atoms with Crippen LogP contribution < -0.4 is 21.5 Å². The van der Waals surface area contributed by atoms with Crippen molar-refractivity contribution in [1.82, 2.24) is 0 Å². The zero-order chi connectivity index (χ0) is 13.9. The van der Waals surface area contributed by atoms with Crippen molar-refractivity contribution in [2.75, 3.05) is 0 Å². The van der Waals surface area contributed by atoms with Crippen LogP contribution in [0.5, 0.6) is 0 Å². The number of rotatable bonds is 3. The van der Waals surface area contributed by atoms with Crippen LogP contribution in [0.25, 0.3) is 10.8 Å². The highest BCUT2D eigenvalue weighted by molar-refractivity contribution is 9.10. The third kappa shape index (κ3) is 3.57. The maximum atomic E-state index is 12.4. The summed E-state index contributed by atoms with van der Waals surface area (Å²) in [6.07, 6.45) is 1.89. The average molecular weight is 407 g/mol. The zero-order valence-electron chi connectivity index (χ0n) is 11.2. The van der Waals surface area contributed by atoms with Crippen molar-refractivity contribution in [3.8, 4) is 0 Å². The minimum absolute atomic E-state index is 0. The molecule has 0 bridgehead atoms. The molecule has 2 nitrogen and oxygen atoms in total. The van der Waals surface area contributed by atoms with Crippen LogP contribution in [-0.4, -0.2) is 5.78 Å². The highest BCUT2D eigenvalue weighted by Gasteiger charge is 2.14. The molecule has 0 atom stereocenters. The van der Waals surface area contributed by atoms with Crippen molar-refractivity contribution in [3.63, 3.8) is 0 Å². The molecular formula is C17H13Br2NO. The van der Waals surface area contributed by atoms with Gasteiger partial charge < -0.3 is 17.0 Å². The lowest BCUT2D eigenvalue weighted by Gasteiger charge is -2.02. The van der Waals surface area contributed by atoms with Gasteiger partial charge in [-0.25, -0.2) is 0 Å². The Bertz CT molecular complexity index is 786. The molecule has 21 heavy (non-hydrogen) atoms. The Hall–Kier alpha value is -1.52. The molecule has 0 aliphatic heterocycles. The van der Waals surface area contributed by atoms with Crippen LogP contribution in [0, 0.1) is 0 Å². The van der Waals surface area contributed by atoms with Gasteiger partial charge in [-0.3, -0.25) is 4.79 Å². The molecule has 0 unspecified atom stereocenters. The van der Waals surface area contributed by atoms with Crippen LogP contribution in [0.2, 0.25) is 0 Å². The van der Waals surface area contributed by atoms with Crippen molar-refractivity contribution < 1.29 is 26.3 Å². The lowest BCUT2D eigenvalue weighted by atomic mass is 10.0. The van der Waals surface area contributed by atoms with Gasteiger partial charge in [-0.1, -0.05) is 36.4 Å². The van der Waals surface area contributed by atoms with Crippen molar-refractivity contribution in [2.24, 2.45) is 0 Å². The number of carbonyl (C=O) groups is 1. The fourth-order valence-electron chi connectivity index (χ4n) is 2.19. The second-order valence-electron chi connectivity index (χ2n) is 4.64. The predicted molar refractivity (Wildman–Crippen MR) is 82.6 cm³/mol. The van der Waals surface area contributed by atoms with Crippen molar-refractivity contribution >= 4 is 32.5 Å². The summed E-state index contributed by atoms with van der Waals surface area (Å²) in [6, 6.07) is 19.7. The van der Waals surface area contributed by atoms with Crippen LogP contribution in [0.15, 0.2) is 71.5 Å². The van der Waals surface area contributed by atoms with E-state index in [1.807, 2.05) is 71.4 Å². The number of Topliss-reactive ketones (excluding diaryl/α,β-unsaturated/α-hetero) is 1. The van der Waals surface area contributed by atoms with E-state index in [4.69, 9.17) is 0 Å². The second-order valence-corrected chi connectivity index (χ2v) is 5.45. The molecule has 106 valence electrons. The first-order chi connectivity index (χ1) is 9.74. The lowest BCUT2D eigenvalue weighted by Crippen LogP contribution is -3.00. The first kappa shape index (κ1) is 15.9. The molecular weight excluding hydrogens is 394 g/mol. The molecule has 0 spiro atoms. The number of hydrogen-bond acceptors (Lipinski definition) is 1. The number of halogens is 2. The summed E-state index contributed by atoms with van der Waals surface area (Å²) in [5, 5.41) is 2.24. The van der Waals surface area contributed by atoms with Gasteiger partial charge in [0, 0.05) is 33.6 Å². The van der Waals surface area contributed by atoms with Crippen LogP contribution in [0.3, 0.4) is 0 Å². The zero-order valence-corrected chi connectivity index (χ0v) is 14.3. The number of hydrogen-bond donors (Lipinski definition) is 0. The van der Waals surface area contributed by atoms with E-state index in [-0.39, 0.29) is 22.8 Å². The maximum absolute atomic E-state index is 12.4. The summed E-state index contributed by atoms with van der Waals surface area (Å²) >= 11 is 3.45. The van der Waals surface area contributed by atoms with E-state index in [1.165, 1.54) is 0 Å². The molecule has 1 aromatic heterocycles. The SMILES string of the molecule is O=C(C[n+]1ccccc1Br)c1ccc2ccccc2c1.[Br-]. The normalized spacial score (nSPS) is 10.1. The number of benzene rings is 2. The lowest BCUT2D eigenvalue weighted by molar-refractivity contribution is -0.694. The van der Waals surface area contributed by atoms with E-state index in [9.17, 15) is 4.79 Å². The van der Waals surface area contributed by atoms with E-state index in [1.54, 1.807) is 0 Å². The summed E-state index contributed by atoms with van der Waals surface area (Å²) in [6.45, 7) is 0.333. The number of aromatic nitrogens is 1. The molecule has 0 amide bonds. The second kappa shape index (κ2) is 6.96. The molecule has 0 fully saturated rings. The third-order valence-electron chi connectivity index (χ3n) is 3.27. The first-order valence-electron chi connectivity index (χ1n) is 6.40. The van der Waals surface area contributed by atoms with E-state index in [0.717, 1.165) is 20.9 Å². The van der Waals surface area contributed by atoms with Gasteiger partial charge in [0.1, 0.15) is 0 Å². The van der Waals surface area contributed by atoms with Gasteiger partial charge in [0.2, 0.25) is 16.9 Å². The van der Waals surface area contributed by atoms with Crippen molar-refractivity contribution in [1.29, 1.82) is 0 Å². The van der Waals surface area contributed by atoms with Crippen LogP contribution in [0.4, 0.5) is 0 Å². The molecule has 0 saturated heterocycles. The first-order valence-corrected chi connectivity index (χ1v) is 7.19. The third-order valence-corrected chi connectivity index (χ3v) is 3.99. The van der Waals surface area contributed by atoms with Gasteiger partial charge >= 0.3 is 0 Å². The Balaban J connectivity index is 0.00000161. The molecule has 0 aliphatic rings. The number of nitrogens with zero attached hydrogens (tertiary/aromatic N) is 1.